The molecule has 0 spiro atoms. The van der Waals surface area contributed by atoms with Gasteiger partial charge in [-0.1, -0.05) is 54.6 Å². The molecule has 0 unspecified atom stereocenters. The minimum absolute atomic E-state index is 0.398. The Morgan fingerprint density at radius 2 is 1.62 bits per heavy atom. The molecule has 4 nitrogen and oxygen atoms in total. The van der Waals surface area contributed by atoms with Gasteiger partial charge in [0.2, 0.25) is 0 Å². The van der Waals surface area contributed by atoms with Crippen LogP contribution < -0.4 is 5.73 Å². The molecule has 0 bridgehead atoms. The molecule has 0 aliphatic carbocycles. The van der Waals surface area contributed by atoms with Crippen LogP contribution in [0.4, 0.5) is 5.82 Å². The van der Waals surface area contributed by atoms with Crippen molar-refractivity contribution in [3.63, 3.8) is 0 Å². The van der Waals surface area contributed by atoms with Crippen LogP contribution in [0.25, 0.3) is 22.5 Å². The van der Waals surface area contributed by atoms with E-state index in [4.69, 9.17) is 5.73 Å². The van der Waals surface area contributed by atoms with Crippen molar-refractivity contribution in [2.24, 2.45) is 0 Å². The molecule has 0 fully saturated rings. The summed E-state index contributed by atoms with van der Waals surface area (Å²) < 4.78 is 0. The monoisotopic (exact) mass is 275 g/mol. The molecule has 102 valence electrons. The highest BCUT2D eigenvalue weighted by Crippen LogP contribution is 2.25. The molecule has 3 rings (SSSR count). The van der Waals surface area contributed by atoms with Crippen LogP contribution in [0.15, 0.2) is 60.8 Å². The molecular weight excluding hydrogens is 262 g/mol. The van der Waals surface area contributed by atoms with Gasteiger partial charge in [0.15, 0.2) is 0 Å². The van der Waals surface area contributed by atoms with Crippen LogP contribution in [0.3, 0.4) is 0 Å². The molecule has 0 aliphatic rings. The number of anilines is 1. The molecule has 0 radical (unpaired) electrons. The number of benzene rings is 2. The van der Waals surface area contributed by atoms with Gasteiger partial charge in [0.25, 0.3) is 0 Å². The Morgan fingerprint density at radius 1 is 0.905 bits per heavy atom. The van der Waals surface area contributed by atoms with Crippen molar-refractivity contribution < 1.29 is 4.79 Å². The first-order valence-electron chi connectivity index (χ1n) is 6.51. The topological polar surface area (TPSA) is 68.9 Å². The highest BCUT2D eigenvalue weighted by atomic mass is 16.1. The van der Waals surface area contributed by atoms with Crippen molar-refractivity contribution in [1.82, 2.24) is 9.97 Å². The summed E-state index contributed by atoms with van der Waals surface area (Å²) in [5.41, 5.74) is 9.76. The number of hydrogen-bond acceptors (Lipinski definition) is 4. The molecule has 0 atom stereocenters. The minimum atomic E-state index is 0.398. The number of nitrogen functional groups attached to an aromatic ring is 1. The fourth-order valence-corrected chi connectivity index (χ4v) is 2.08. The van der Waals surface area contributed by atoms with Gasteiger partial charge in [-0.05, 0) is 0 Å². The van der Waals surface area contributed by atoms with E-state index in [1.54, 1.807) is 18.3 Å². The van der Waals surface area contributed by atoms with Crippen LogP contribution in [0.1, 0.15) is 10.4 Å². The maximum absolute atomic E-state index is 10.7. The fourth-order valence-electron chi connectivity index (χ4n) is 2.08. The van der Waals surface area contributed by atoms with E-state index < -0.39 is 0 Å². The molecular formula is C17H13N3O. The molecule has 0 aliphatic heterocycles. The number of aromatic nitrogens is 2. The third-order valence-corrected chi connectivity index (χ3v) is 3.19. The van der Waals surface area contributed by atoms with Crippen molar-refractivity contribution in [3.05, 3.63) is 66.4 Å². The first kappa shape index (κ1) is 13.0. The molecule has 0 saturated heterocycles. The maximum atomic E-state index is 10.7. The second kappa shape index (κ2) is 5.54. The zero-order valence-corrected chi connectivity index (χ0v) is 11.2. The van der Waals surface area contributed by atoms with E-state index in [1.165, 1.54) is 0 Å². The standard InChI is InChI=1S/C17H13N3O/c18-17-16(14-4-2-1-3-5-14)20-15(10-19-17)13-8-6-12(11-21)7-9-13/h1-11H,(H2,18,19). The molecule has 1 aromatic heterocycles. The van der Waals surface area contributed by atoms with Gasteiger partial charge in [0.1, 0.15) is 17.8 Å². The lowest BCUT2D eigenvalue weighted by molar-refractivity contribution is 0.112. The normalized spacial score (nSPS) is 10.3. The van der Waals surface area contributed by atoms with Gasteiger partial charge in [-0.2, -0.15) is 0 Å². The summed E-state index contributed by atoms with van der Waals surface area (Å²) in [6, 6.07) is 16.9. The Bertz CT molecular complexity index is 768. The quantitative estimate of drug-likeness (QED) is 0.745. The summed E-state index contributed by atoms with van der Waals surface area (Å²) in [6.45, 7) is 0. The van der Waals surface area contributed by atoms with Gasteiger partial charge in [0, 0.05) is 16.7 Å². The molecule has 3 aromatic rings. The van der Waals surface area contributed by atoms with Crippen LogP contribution in [0, 0.1) is 0 Å². The molecule has 4 heteroatoms. The summed E-state index contributed by atoms with van der Waals surface area (Å²) in [5, 5.41) is 0. The van der Waals surface area contributed by atoms with Gasteiger partial charge < -0.3 is 5.73 Å². The van der Waals surface area contributed by atoms with Gasteiger partial charge >= 0.3 is 0 Å². The Kier molecular flexibility index (Phi) is 3.43. The first-order chi connectivity index (χ1) is 10.3. The number of hydrogen-bond donors (Lipinski definition) is 1. The predicted molar refractivity (Wildman–Crippen MR) is 82.7 cm³/mol. The molecule has 2 aromatic carbocycles. The smallest absolute Gasteiger partial charge is 0.150 e. The minimum Gasteiger partial charge on any atom is -0.382 e. The Balaban J connectivity index is 2.06. The lowest BCUT2D eigenvalue weighted by Crippen LogP contribution is -1.98. The van der Waals surface area contributed by atoms with Crippen molar-refractivity contribution in [3.8, 4) is 22.5 Å². The lowest BCUT2D eigenvalue weighted by atomic mass is 10.1. The first-order valence-corrected chi connectivity index (χ1v) is 6.51. The largest absolute Gasteiger partial charge is 0.382 e. The van der Waals surface area contributed by atoms with Gasteiger partial charge in [-0.3, -0.25) is 4.79 Å². The average Bonchev–Trinajstić information content (AvgIpc) is 2.56. The summed E-state index contributed by atoms with van der Waals surface area (Å²) in [6.07, 6.45) is 2.45. The van der Waals surface area contributed by atoms with E-state index in [2.05, 4.69) is 9.97 Å². The van der Waals surface area contributed by atoms with Crippen molar-refractivity contribution >= 4 is 12.1 Å². The lowest BCUT2D eigenvalue weighted by Gasteiger charge is -2.07. The highest BCUT2D eigenvalue weighted by Gasteiger charge is 2.08. The zero-order chi connectivity index (χ0) is 14.7. The number of nitrogens with zero attached hydrogens (tertiary/aromatic N) is 2. The summed E-state index contributed by atoms with van der Waals surface area (Å²) in [4.78, 5) is 19.5. The van der Waals surface area contributed by atoms with Crippen LogP contribution in [-0.2, 0) is 0 Å². The Morgan fingerprint density at radius 3 is 2.29 bits per heavy atom. The van der Waals surface area contributed by atoms with Gasteiger partial charge in [-0.15, -0.1) is 0 Å². The number of rotatable bonds is 3. The summed E-state index contributed by atoms with van der Waals surface area (Å²) >= 11 is 0. The van der Waals surface area contributed by atoms with Crippen LogP contribution in [-0.4, -0.2) is 16.3 Å². The molecule has 0 saturated carbocycles. The average molecular weight is 275 g/mol. The Labute approximate surface area is 122 Å². The maximum Gasteiger partial charge on any atom is 0.150 e. The van der Waals surface area contributed by atoms with Gasteiger partial charge in [-0.25, -0.2) is 9.97 Å². The fraction of sp³-hybridized carbons (Fsp3) is 0. The highest BCUT2D eigenvalue weighted by molar-refractivity contribution is 5.77. The number of nitrogens with two attached hydrogens (primary N) is 1. The molecule has 0 amide bonds. The molecule has 21 heavy (non-hydrogen) atoms. The van der Waals surface area contributed by atoms with E-state index in [1.807, 2.05) is 42.5 Å². The third kappa shape index (κ3) is 2.65. The van der Waals surface area contributed by atoms with Gasteiger partial charge in [0.05, 0.1) is 11.9 Å². The van der Waals surface area contributed by atoms with Crippen molar-refractivity contribution in [1.29, 1.82) is 0 Å². The second-order valence-corrected chi connectivity index (χ2v) is 4.59. The van der Waals surface area contributed by atoms with E-state index in [-0.39, 0.29) is 0 Å². The van der Waals surface area contributed by atoms with Crippen molar-refractivity contribution in [2.75, 3.05) is 5.73 Å². The van der Waals surface area contributed by atoms with Crippen LogP contribution >= 0.6 is 0 Å². The SMILES string of the molecule is Nc1ncc(-c2ccc(C=O)cc2)nc1-c1ccccc1. The Hall–Kier alpha value is -3.01. The van der Waals surface area contributed by atoms with E-state index in [9.17, 15) is 4.79 Å². The summed E-state index contributed by atoms with van der Waals surface area (Å²) in [5.74, 6) is 0.398. The van der Waals surface area contributed by atoms with Crippen molar-refractivity contribution in [2.45, 2.75) is 0 Å². The number of carbonyl (C=O) groups is 1. The number of aldehydes is 1. The van der Waals surface area contributed by atoms with E-state index in [0.717, 1.165) is 23.1 Å². The zero-order valence-electron chi connectivity index (χ0n) is 11.2. The summed E-state index contributed by atoms with van der Waals surface area (Å²) in [7, 11) is 0. The molecule has 1 heterocycles. The molecule has 2 N–H and O–H groups in total. The van der Waals surface area contributed by atoms with Crippen LogP contribution in [0.2, 0.25) is 0 Å². The number of carbonyl (C=O) groups excluding carboxylic acids is 1. The van der Waals surface area contributed by atoms with E-state index >= 15 is 0 Å². The third-order valence-electron chi connectivity index (χ3n) is 3.19. The van der Waals surface area contributed by atoms with E-state index in [0.29, 0.717) is 17.1 Å². The second-order valence-electron chi connectivity index (χ2n) is 4.59. The van der Waals surface area contributed by atoms with Crippen LogP contribution in [0.5, 0.6) is 0 Å². The predicted octanol–water partition coefficient (Wildman–Crippen LogP) is 3.21.